The quantitative estimate of drug-likeness (QED) is 0.694. The summed E-state index contributed by atoms with van der Waals surface area (Å²) >= 11 is 0. The molecule has 2 heterocycles. The molecule has 1 unspecified atom stereocenters. The number of rotatable bonds is 9. The molecule has 1 fully saturated rings. The SMILES string of the molecule is Cc1nn(CC(C)C)c(C)c1CCC(=O)NCC(C(C)C)N1CCC(C)CC1. The Labute approximate surface area is 172 Å². The van der Waals surface area contributed by atoms with Gasteiger partial charge in [0.1, 0.15) is 0 Å². The highest BCUT2D eigenvalue weighted by atomic mass is 16.1. The van der Waals surface area contributed by atoms with Crippen molar-refractivity contribution in [3.63, 3.8) is 0 Å². The van der Waals surface area contributed by atoms with Crippen LogP contribution in [0.5, 0.6) is 0 Å². The molecule has 5 heteroatoms. The third-order valence-electron chi connectivity index (χ3n) is 6.24. The maximum Gasteiger partial charge on any atom is 0.220 e. The number of likely N-dealkylation sites (tertiary alicyclic amines) is 1. The fourth-order valence-electron chi connectivity index (χ4n) is 4.31. The average Bonchev–Trinajstić information content (AvgIpc) is 2.87. The van der Waals surface area contributed by atoms with Crippen molar-refractivity contribution in [3.05, 3.63) is 17.0 Å². The zero-order chi connectivity index (χ0) is 20.8. The predicted octanol–water partition coefficient (Wildman–Crippen LogP) is 3.96. The summed E-state index contributed by atoms with van der Waals surface area (Å²) in [4.78, 5) is 15.1. The van der Waals surface area contributed by atoms with Crippen LogP contribution < -0.4 is 5.32 Å². The van der Waals surface area contributed by atoms with Crippen LogP contribution >= 0.6 is 0 Å². The molecular formula is C23H42N4O. The van der Waals surface area contributed by atoms with Gasteiger partial charge in [-0.1, -0.05) is 34.6 Å². The van der Waals surface area contributed by atoms with Crippen molar-refractivity contribution in [2.45, 2.75) is 86.7 Å². The molecule has 2 rings (SSSR count). The van der Waals surface area contributed by atoms with E-state index in [1.54, 1.807) is 0 Å². The molecule has 0 radical (unpaired) electrons. The number of nitrogens with zero attached hydrogens (tertiary/aromatic N) is 3. The molecule has 160 valence electrons. The maximum absolute atomic E-state index is 12.5. The lowest BCUT2D eigenvalue weighted by atomic mass is 9.94. The lowest BCUT2D eigenvalue weighted by Crippen LogP contribution is -2.49. The Morgan fingerprint density at radius 2 is 1.82 bits per heavy atom. The highest BCUT2D eigenvalue weighted by Gasteiger charge is 2.26. The third-order valence-corrected chi connectivity index (χ3v) is 6.24. The first-order valence-corrected chi connectivity index (χ1v) is 11.2. The van der Waals surface area contributed by atoms with E-state index in [9.17, 15) is 4.79 Å². The van der Waals surface area contributed by atoms with E-state index in [1.807, 2.05) is 0 Å². The summed E-state index contributed by atoms with van der Waals surface area (Å²) in [6, 6.07) is 0.439. The fourth-order valence-corrected chi connectivity index (χ4v) is 4.31. The highest BCUT2D eigenvalue weighted by molar-refractivity contribution is 5.76. The Kier molecular flexibility index (Phi) is 8.54. The Hall–Kier alpha value is -1.36. The van der Waals surface area contributed by atoms with Gasteiger partial charge in [-0.25, -0.2) is 0 Å². The highest BCUT2D eigenvalue weighted by Crippen LogP contribution is 2.21. The number of nitrogens with one attached hydrogen (secondary N) is 1. The van der Waals surface area contributed by atoms with Gasteiger partial charge in [-0.3, -0.25) is 14.4 Å². The van der Waals surface area contributed by atoms with E-state index in [1.165, 1.54) is 24.1 Å². The lowest BCUT2D eigenvalue weighted by molar-refractivity contribution is -0.121. The second-order valence-electron chi connectivity index (χ2n) is 9.56. The molecular weight excluding hydrogens is 348 g/mol. The summed E-state index contributed by atoms with van der Waals surface area (Å²) < 4.78 is 2.10. The van der Waals surface area contributed by atoms with Gasteiger partial charge in [0.05, 0.1) is 5.69 Å². The van der Waals surface area contributed by atoms with Crippen LogP contribution in [0.1, 0.15) is 70.8 Å². The van der Waals surface area contributed by atoms with Crippen molar-refractivity contribution >= 4 is 5.91 Å². The molecule has 1 aliphatic rings. The van der Waals surface area contributed by atoms with Crippen LogP contribution in [0.15, 0.2) is 0 Å². The van der Waals surface area contributed by atoms with Crippen molar-refractivity contribution in [1.29, 1.82) is 0 Å². The monoisotopic (exact) mass is 390 g/mol. The molecule has 0 aliphatic carbocycles. The zero-order valence-corrected chi connectivity index (χ0v) is 19.2. The van der Waals surface area contributed by atoms with Crippen molar-refractivity contribution in [3.8, 4) is 0 Å². The van der Waals surface area contributed by atoms with Gasteiger partial charge in [0, 0.05) is 31.2 Å². The van der Waals surface area contributed by atoms with Gasteiger partial charge in [0.25, 0.3) is 0 Å². The largest absolute Gasteiger partial charge is 0.355 e. The molecule has 1 saturated heterocycles. The van der Waals surface area contributed by atoms with E-state index in [0.717, 1.165) is 44.2 Å². The van der Waals surface area contributed by atoms with E-state index in [4.69, 9.17) is 0 Å². The Bertz CT molecular complexity index is 627. The summed E-state index contributed by atoms with van der Waals surface area (Å²) in [6.45, 7) is 19.5. The van der Waals surface area contributed by atoms with Crippen LogP contribution in [0.2, 0.25) is 0 Å². The van der Waals surface area contributed by atoms with Crippen LogP contribution in [0.3, 0.4) is 0 Å². The minimum absolute atomic E-state index is 0.159. The number of carbonyl (C=O) groups is 1. The van der Waals surface area contributed by atoms with Gasteiger partial charge < -0.3 is 5.32 Å². The topological polar surface area (TPSA) is 50.2 Å². The van der Waals surface area contributed by atoms with Crippen molar-refractivity contribution in [1.82, 2.24) is 20.0 Å². The van der Waals surface area contributed by atoms with Gasteiger partial charge in [-0.15, -0.1) is 0 Å². The second kappa shape index (κ2) is 10.4. The predicted molar refractivity (Wildman–Crippen MR) is 116 cm³/mol. The van der Waals surface area contributed by atoms with Gasteiger partial charge in [0.15, 0.2) is 0 Å². The summed E-state index contributed by atoms with van der Waals surface area (Å²) in [5, 5.41) is 7.88. The minimum Gasteiger partial charge on any atom is -0.355 e. The normalized spacial score (nSPS) is 17.5. The zero-order valence-electron chi connectivity index (χ0n) is 19.2. The molecule has 28 heavy (non-hydrogen) atoms. The first-order valence-electron chi connectivity index (χ1n) is 11.2. The van der Waals surface area contributed by atoms with E-state index < -0.39 is 0 Å². The number of piperidine rings is 1. The molecule has 1 atom stereocenters. The number of hydrogen-bond donors (Lipinski definition) is 1. The van der Waals surface area contributed by atoms with Crippen LogP contribution in [-0.2, 0) is 17.8 Å². The van der Waals surface area contributed by atoms with E-state index in [0.29, 0.717) is 24.3 Å². The van der Waals surface area contributed by atoms with E-state index >= 15 is 0 Å². The Morgan fingerprint density at radius 1 is 1.18 bits per heavy atom. The van der Waals surface area contributed by atoms with Crippen LogP contribution in [0.25, 0.3) is 0 Å². The number of amides is 1. The first-order chi connectivity index (χ1) is 13.2. The van der Waals surface area contributed by atoms with E-state index in [-0.39, 0.29) is 5.91 Å². The van der Waals surface area contributed by atoms with Gasteiger partial charge in [-0.05, 0) is 69.5 Å². The summed E-state index contributed by atoms with van der Waals surface area (Å²) in [5.74, 6) is 2.11. The minimum atomic E-state index is 0.159. The molecule has 0 spiro atoms. The van der Waals surface area contributed by atoms with Crippen molar-refractivity contribution < 1.29 is 4.79 Å². The number of hydrogen-bond acceptors (Lipinski definition) is 3. The third kappa shape index (κ3) is 6.33. The molecule has 1 aromatic heterocycles. The standard InChI is InChI=1S/C23H42N4O/c1-16(2)15-27-20(7)21(19(6)25-27)8-9-23(28)24-14-22(17(3)4)26-12-10-18(5)11-13-26/h16-18,22H,8-15H2,1-7H3,(H,24,28). The molecule has 5 nitrogen and oxygen atoms in total. The Balaban J connectivity index is 1.85. The van der Waals surface area contributed by atoms with Gasteiger partial charge in [-0.2, -0.15) is 5.10 Å². The van der Waals surface area contributed by atoms with Gasteiger partial charge >= 0.3 is 0 Å². The second-order valence-corrected chi connectivity index (χ2v) is 9.56. The molecule has 0 saturated carbocycles. The number of aromatic nitrogens is 2. The summed E-state index contributed by atoms with van der Waals surface area (Å²) in [7, 11) is 0. The van der Waals surface area contributed by atoms with Crippen molar-refractivity contribution in [2.24, 2.45) is 17.8 Å². The molecule has 1 aliphatic heterocycles. The van der Waals surface area contributed by atoms with E-state index in [2.05, 4.69) is 68.5 Å². The average molecular weight is 391 g/mol. The molecule has 1 N–H and O–H groups in total. The van der Waals surface area contributed by atoms with Crippen molar-refractivity contribution in [2.75, 3.05) is 19.6 Å². The molecule has 0 aromatic carbocycles. The fraction of sp³-hybridized carbons (Fsp3) is 0.826. The summed E-state index contributed by atoms with van der Waals surface area (Å²) in [6.07, 6.45) is 3.86. The van der Waals surface area contributed by atoms with Crippen LogP contribution in [-0.4, -0.2) is 46.3 Å². The molecule has 1 aromatic rings. The summed E-state index contributed by atoms with van der Waals surface area (Å²) in [5.41, 5.74) is 3.51. The molecule has 1 amide bonds. The van der Waals surface area contributed by atoms with Crippen LogP contribution in [0.4, 0.5) is 0 Å². The van der Waals surface area contributed by atoms with Crippen LogP contribution in [0, 0.1) is 31.6 Å². The Morgan fingerprint density at radius 3 is 2.39 bits per heavy atom. The smallest absolute Gasteiger partial charge is 0.220 e. The van der Waals surface area contributed by atoms with Gasteiger partial charge in [0.2, 0.25) is 5.91 Å². The first kappa shape index (κ1) is 22.9. The number of aryl methyl sites for hydroxylation is 1. The lowest BCUT2D eigenvalue weighted by Gasteiger charge is -2.38. The number of carbonyl (C=O) groups excluding carboxylic acids is 1. The molecule has 0 bridgehead atoms. The maximum atomic E-state index is 12.5.